The zero-order chi connectivity index (χ0) is 12.0. The highest BCUT2D eigenvalue weighted by molar-refractivity contribution is 5.76. The maximum absolute atomic E-state index is 5.68. The minimum absolute atomic E-state index is 0.421. The van der Waals surface area contributed by atoms with E-state index >= 15 is 0 Å². The van der Waals surface area contributed by atoms with Crippen molar-refractivity contribution < 1.29 is 4.84 Å². The van der Waals surface area contributed by atoms with Crippen LogP contribution in [-0.2, 0) is 24.4 Å². The summed E-state index contributed by atoms with van der Waals surface area (Å²) in [6.45, 7) is 4.78. The molecule has 0 spiro atoms. The van der Waals surface area contributed by atoms with Gasteiger partial charge in [0.05, 0.1) is 0 Å². The Balaban J connectivity index is 2.71. The first kappa shape index (κ1) is 12.5. The van der Waals surface area contributed by atoms with Crippen molar-refractivity contribution in [3.05, 3.63) is 34.9 Å². The minimum Gasteiger partial charge on any atom is -0.390 e. The van der Waals surface area contributed by atoms with Gasteiger partial charge in [0.2, 0.25) is 0 Å². The fourth-order valence-corrected chi connectivity index (χ4v) is 1.51. The van der Waals surface area contributed by atoms with Gasteiger partial charge in [-0.2, -0.15) is 0 Å². The summed E-state index contributed by atoms with van der Waals surface area (Å²) in [7, 11) is 0. The molecule has 4 heteroatoms. The number of hydrogen-bond donors (Lipinski definition) is 2. The summed E-state index contributed by atoms with van der Waals surface area (Å²) < 4.78 is 0. The zero-order valence-corrected chi connectivity index (χ0v) is 9.86. The second-order valence-electron chi connectivity index (χ2n) is 3.67. The fourth-order valence-electron chi connectivity index (χ4n) is 1.51. The van der Waals surface area contributed by atoms with Gasteiger partial charge >= 0.3 is 0 Å². The lowest BCUT2D eigenvalue weighted by Crippen LogP contribution is -2.06. The van der Waals surface area contributed by atoms with E-state index in [9.17, 15) is 0 Å². The van der Waals surface area contributed by atoms with Crippen molar-refractivity contribution in [2.24, 2.45) is 16.6 Å². The van der Waals surface area contributed by atoms with Gasteiger partial charge in [-0.15, -0.1) is 0 Å². The fraction of sp³-hybridized carbons (Fsp3) is 0.417. The van der Waals surface area contributed by atoms with Gasteiger partial charge in [0.25, 0.3) is 0 Å². The van der Waals surface area contributed by atoms with E-state index in [-0.39, 0.29) is 0 Å². The first-order valence-corrected chi connectivity index (χ1v) is 5.40. The smallest absolute Gasteiger partial charge is 0.142 e. The second kappa shape index (κ2) is 6.12. The molecule has 0 aliphatic heterocycles. The molecular formula is C12H19N3O. The highest BCUT2D eigenvalue weighted by Gasteiger charge is 2.01. The number of amidine groups is 1. The van der Waals surface area contributed by atoms with Crippen molar-refractivity contribution in [2.75, 3.05) is 0 Å². The van der Waals surface area contributed by atoms with Gasteiger partial charge in [-0.1, -0.05) is 30.3 Å². The summed E-state index contributed by atoms with van der Waals surface area (Å²) in [5.41, 5.74) is 14.6. The van der Waals surface area contributed by atoms with Crippen molar-refractivity contribution in [2.45, 2.75) is 33.4 Å². The van der Waals surface area contributed by atoms with Crippen LogP contribution in [0.15, 0.2) is 23.4 Å². The zero-order valence-electron chi connectivity index (χ0n) is 9.86. The first-order valence-electron chi connectivity index (χ1n) is 5.40. The molecule has 0 aliphatic rings. The highest BCUT2D eigenvalue weighted by atomic mass is 16.6. The van der Waals surface area contributed by atoms with E-state index in [1.54, 1.807) is 6.92 Å². The second-order valence-corrected chi connectivity index (χ2v) is 3.67. The van der Waals surface area contributed by atoms with E-state index in [0.717, 1.165) is 17.5 Å². The summed E-state index contributed by atoms with van der Waals surface area (Å²) in [6.07, 6.45) is 0.994. The summed E-state index contributed by atoms with van der Waals surface area (Å²) >= 11 is 0. The standard InChI is InChI=1S/C12H19N3O/c1-3-11-5-4-10(6-12(11)7-13)8-16-15-9(2)14/h4-6H,3,7-8,13H2,1-2H3,(H2,14,15). The summed E-state index contributed by atoms with van der Waals surface area (Å²) in [4.78, 5) is 5.08. The third-order valence-corrected chi connectivity index (χ3v) is 2.31. The van der Waals surface area contributed by atoms with Crippen LogP contribution in [0.5, 0.6) is 0 Å². The van der Waals surface area contributed by atoms with Crippen LogP contribution in [0.3, 0.4) is 0 Å². The van der Waals surface area contributed by atoms with Crippen molar-refractivity contribution >= 4 is 5.84 Å². The SMILES string of the molecule is CCc1ccc(CO/N=C(/C)N)cc1CN. The number of oxime groups is 1. The third-order valence-electron chi connectivity index (χ3n) is 2.31. The summed E-state index contributed by atoms with van der Waals surface area (Å²) in [5.74, 6) is 0.421. The number of nitrogens with two attached hydrogens (primary N) is 2. The van der Waals surface area contributed by atoms with Crippen LogP contribution in [0.1, 0.15) is 30.5 Å². The largest absolute Gasteiger partial charge is 0.390 e. The molecule has 0 heterocycles. The Hall–Kier alpha value is -1.55. The molecule has 4 nitrogen and oxygen atoms in total. The lowest BCUT2D eigenvalue weighted by molar-refractivity contribution is 0.130. The molecule has 0 amide bonds. The summed E-state index contributed by atoms with van der Waals surface area (Å²) in [6, 6.07) is 6.17. The monoisotopic (exact) mass is 221 g/mol. The van der Waals surface area contributed by atoms with Gasteiger partial charge in [-0.05, 0) is 30.0 Å². The number of nitrogens with zero attached hydrogens (tertiary/aromatic N) is 1. The number of benzene rings is 1. The van der Waals surface area contributed by atoms with Crippen LogP contribution in [-0.4, -0.2) is 5.84 Å². The maximum Gasteiger partial charge on any atom is 0.142 e. The number of rotatable bonds is 5. The number of hydrogen-bond acceptors (Lipinski definition) is 3. The van der Waals surface area contributed by atoms with Gasteiger partial charge in [-0.3, -0.25) is 0 Å². The van der Waals surface area contributed by atoms with E-state index in [0.29, 0.717) is 19.0 Å². The molecule has 0 atom stereocenters. The molecule has 0 radical (unpaired) electrons. The first-order chi connectivity index (χ1) is 7.67. The maximum atomic E-state index is 5.68. The lowest BCUT2D eigenvalue weighted by Gasteiger charge is -2.08. The Bertz CT molecular complexity index is 371. The van der Waals surface area contributed by atoms with E-state index in [4.69, 9.17) is 16.3 Å². The third kappa shape index (κ3) is 3.55. The van der Waals surface area contributed by atoms with Crippen molar-refractivity contribution in [1.82, 2.24) is 0 Å². The van der Waals surface area contributed by atoms with Crippen LogP contribution < -0.4 is 11.5 Å². The molecule has 0 aromatic heterocycles. The molecule has 0 fully saturated rings. The molecular weight excluding hydrogens is 202 g/mol. The molecule has 0 saturated heterocycles. The Morgan fingerprint density at radius 2 is 2.12 bits per heavy atom. The topological polar surface area (TPSA) is 73.6 Å². The van der Waals surface area contributed by atoms with Gasteiger partial charge < -0.3 is 16.3 Å². The minimum atomic E-state index is 0.421. The Kier molecular flexibility index (Phi) is 4.79. The molecule has 0 saturated carbocycles. The van der Waals surface area contributed by atoms with Crippen LogP contribution in [0.4, 0.5) is 0 Å². The molecule has 88 valence electrons. The lowest BCUT2D eigenvalue weighted by atomic mass is 10.0. The van der Waals surface area contributed by atoms with E-state index in [1.807, 2.05) is 6.07 Å². The van der Waals surface area contributed by atoms with Crippen LogP contribution >= 0.6 is 0 Å². The molecule has 1 rings (SSSR count). The quantitative estimate of drug-likeness (QED) is 0.449. The molecule has 4 N–H and O–H groups in total. The van der Waals surface area contributed by atoms with Gasteiger partial charge in [0, 0.05) is 6.54 Å². The summed E-state index contributed by atoms with van der Waals surface area (Å²) in [5, 5.41) is 3.68. The molecule has 16 heavy (non-hydrogen) atoms. The average molecular weight is 221 g/mol. The van der Waals surface area contributed by atoms with Crippen LogP contribution in [0, 0.1) is 0 Å². The molecule has 0 bridgehead atoms. The Morgan fingerprint density at radius 3 is 2.69 bits per heavy atom. The van der Waals surface area contributed by atoms with Crippen molar-refractivity contribution in [3.8, 4) is 0 Å². The van der Waals surface area contributed by atoms with Crippen LogP contribution in [0.2, 0.25) is 0 Å². The predicted octanol–water partition coefficient (Wildman–Crippen LogP) is 1.52. The number of aryl methyl sites for hydroxylation is 1. The van der Waals surface area contributed by atoms with Gasteiger partial charge in [-0.25, -0.2) is 0 Å². The van der Waals surface area contributed by atoms with E-state index in [2.05, 4.69) is 24.2 Å². The van der Waals surface area contributed by atoms with E-state index in [1.165, 1.54) is 5.56 Å². The average Bonchev–Trinajstić information content (AvgIpc) is 2.28. The Labute approximate surface area is 96.3 Å². The van der Waals surface area contributed by atoms with Gasteiger partial charge in [0.15, 0.2) is 0 Å². The highest BCUT2D eigenvalue weighted by Crippen LogP contribution is 2.13. The predicted molar refractivity (Wildman–Crippen MR) is 65.8 cm³/mol. The van der Waals surface area contributed by atoms with Gasteiger partial charge in [0.1, 0.15) is 12.4 Å². The normalized spacial score (nSPS) is 11.6. The molecule has 1 aromatic rings. The molecule has 0 unspecified atom stereocenters. The van der Waals surface area contributed by atoms with Crippen LogP contribution in [0.25, 0.3) is 0 Å². The van der Waals surface area contributed by atoms with Crippen molar-refractivity contribution in [1.29, 1.82) is 0 Å². The Morgan fingerprint density at radius 1 is 1.38 bits per heavy atom. The van der Waals surface area contributed by atoms with Crippen molar-refractivity contribution in [3.63, 3.8) is 0 Å². The molecule has 1 aromatic carbocycles. The van der Waals surface area contributed by atoms with E-state index < -0.39 is 0 Å². The molecule has 0 aliphatic carbocycles.